The summed E-state index contributed by atoms with van der Waals surface area (Å²) < 4.78 is 24.7. The van der Waals surface area contributed by atoms with Crippen LogP contribution in [0.5, 0.6) is 0 Å². The first-order valence-corrected chi connectivity index (χ1v) is 15.9. The van der Waals surface area contributed by atoms with Gasteiger partial charge in [0.15, 0.2) is 26.1 Å². The molecule has 1 aliphatic rings. The van der Waals surface area contributed by atoms with E-state index in [0.717, 1.165) is 48.8 Å². The van der Waals surface area contributed by atoms with Crippen molar-refractivity contribution in [2.75, 3.05) is 16.9 Å². The molecular weight excluding hydrogens is 559 g/mol. The first-order chi connectivity index (χ1) is 18.5. The molecule has 3 aromatic rings. The molecule has 206 valence electrons. The number of carbonyl (C=O) groups excluding carboxylic acids is 3. The Hall–Kier alpha value is -3.13. The zero-order valence-electron chi connectivity index (χ0n) is 21.5. The molecule has 0 bridgehead atoms. The molecular formula is C26H29N5O5S3. The third-order valence-corrected chi connectivity index (χ3v) is 9.47. The van der Waals surface area contributed by atoms with E-state index in [9.17, 15) is 22.8 Å². The number of benzene rings is 1. The van der Waals surface area contributed by atoms with Crippen LogP contribution in [0.25, 0.3) is 0 Å². The van der Waals surface area contributed by atoms with Gasteiger partial charge in [-0.3, -0.25) is 14.4 Å². The predicted octanol–water partition coefficient (Wildman–Crippen LogP) is 4.34. The van der Waals surface area contributed by atoms with Gasteiger partial charge in [0.1, 0.15) is 17.1 Å². The predicted molar refractivity (Wildman–Crippen MR) is 152 cm³/mol. The number of carbonyl (C=O) groups is 3. The third kappa shape index (κ3) is 7.50. The van der Waals surface area contributed by atoms with E-state index in [4.69, 9.17) is 5.73 Å². The molecule has 13 heteroatoms. The van der Waals surface area contributed by atoms with E-state index in [1.807, 2.05) is 6.92 Å². The number of pyridine rings is 1. The van der Waals surface area contributed by atoms with Crippen molar-refractivity contribution in [3.8, 4) is 0 Å². The number of nitrogens with zero attached hydrogens (tertiary/aromatic N) is 2. The molecule has 1 unspecified atom stereocenters. The lowest BCUT2D eigenvalue weighted by Gasteiger charge is -2.14. The third-order valence-electron chi connectivity index (χ3n) is 6.19. The minimum atomic E-state index is -3.68. The van der Waals surface area contributed by atoms with Crippen molar-refractivity contribution in [1.29, 1.82) is 0 Å². The van der Waals surface area contributed by atoms with Crippen LogP contribution in [0.3, 0.4) is 0 Å². The number of nitrogens with two attached hydrogens (primary N) is 1. The number of anilines is 2. The van der Waals surface area contributed by atoms with Gasteiger partial charge in [-0.15, -0.1) is 0 Å². The van der Waals surface area contributed by atoms with E-state index in [1.54, 1.807) is 42.6 Å². The fourth-order valence-electron chi connectivity index (χ4n) is 4.21. The van der Waals surface area contributed by atoms with Crippen molar-refractivity contribution >= 4 is 61.4 Å². The van der Waals surface area contributed by atoms with Crippen molar-refractivity contribution in [3.05, 3.63) is 59.4 Å². The number of aryl methyl sites for hydroxylation is 1. The average molecular weight is 588 g/mol. The van der Waals surface area contributed by atoms with Crippen LogP contribution >= 0.6 is 23.1 Å². The summed E-state index contributed by atoms with van der Waals surface area (Å²) in [4.78, 5) is 47.0. The normalized spacial score (nSPS) is 14.6. The SMILES string of the molecule is Cc1ccc(NC(=O)CC(=O)Nc2nc(C(N)S(C)(=O)=O)c(Sc3ccccn3)s2)c(C(=O)C2CCCC2)c1. The molecule has 1 fully saturated rings. The first-order valence-electron chi connectivity index (χ1n) is 12.3. The molecule has 2 aromatic heterocycles. The lowest BCUT2D eigenvalue weighted by atomic mass is 9.94. The van der Waals surface area contributed by atoms with Gasteiger partial charge < -0.3 is 16.4 Å². The number of sulfone groups is 1. The molecule has 0 aliphatic heterocycles. The Morgan fingerprint density at radius 2 is 1.85 bits per heavy atom. The zero-order valence-corrected chi connectivity index (χ0v) is 23.9. The Bertz CT molecular complexity index is 1480. The number of Topliss-reactive ketones (excluding diaryl/α,β-unsaturated/α-hetero) is 1. The largest absolute Gasteiger partial charge is 0.325 e. The molecule has 1 atom stereocenters. The number of thiazole rings is 1. The van der Waals surface area contributed by atoms with Crippen LogP contribution in [0.4, 0.5) is 10.8 Å². The van der Waals surface area contributed by atoms with Gasteiger partial charge in [0.05, 0.1) is 9.90 Å². The number of amides is 2. The van der Waals surface area contributed by atoms with Crippen molar-refractivity contribution < 1.29 is 22.8 Å². The van der Waals surface area contributed by atoms with E-state index in [2.05, 4.69) is 20.6 Å². The molecule has 1 aromatic carbocycles. The summed E-state index contributed by atoms with van der Waals surface area (Å²) in [6.45, 7) is 1.88. The van der Waals surface area contributed by atoms with E-state index in [0.29, 0.717) is 20.5 Å². The summed E-state index contributed by atoms with van der Waals surface area (Å²) >= 11 is 2.22. The summed E-state index contributed by atoms with van der Waals surface area (Å²) in [5, 5.41) is 4.56. The Kier molecular flexibility index (Phi) is 9.15. The van der Waals surface area contributed by atoms with Crippen molar-refractivity contribution in [2.45, 2.75) is 53.6 Å². The number of nitrogens with one attached hydrogen (secondary N) is 2. The van der Waals surface area contributed by atoms with Gasteiger partial charge in [0, 0.05) is 23.9 Å². The molecule has 1 aliphatic carbocycles. The quantitative estimate of drug-likeness (QED) is 0.231. The van der Waals surface area contributed by atoms with Crippen molar-refractivity contribution in [1.82, 2.24) is 9.97 Å². The Balaban J connectivity index is 1.46. The number of hydrogen-bond donors (Lipinski definition) is 3. The van der Waals surface area contributed by atoms with E-state index in [1.165, 1.54) is 11.8 Å². The Labute approximate surface area is 235 Å². The van der Waals surface area contributed by atoms with Gasteiger partial charge in [0.25, 0.3) is 0 Å². The van der Waals surface area contributed by atoms with Crippen LogP contribution in [0.2, 0.25) is 0 Å². The van der Waals surface area contributed by atoms with Crippen LogP contribution < -0.4 is 16.4 Å². The summed E-state index contributed by atoms with van der Waals surface area (Å²) in [6.07, 6.45) is 5.78. The molecule has 0 spiro atoms. The number of hydrogen-bond acceptors (Lipinski definition) is 10. The molecule has 2 heterocycles. The van der Waals surface area contributed by atoms with E-state index in [-0.39, 0.29) is 22.5 Å². The summed E-state index contributed by atoms with van der Waals surface area (Å²) in [7, 11) is -3.68. The maximum atomic E-state index is 13.1. The highest BCUT2D eigenvalue weighted by Gasteiger charge is 2.28. The molecule has 1 saturated carbocycles. The molecule has 2 amide bonds. The van der Waals surface area contributed by atoms with Crippen LogP contribution in [-0.4, -0.2) is 42.2 Å². The second-order valence-corrected chi connectivity index (χ2v) is 13.8. The van der Waals surface area contributed by atoms with Crippen LogP contribution in [0, 0.1) is 12.8 Å². The standard InChI is InChI=1S/C26H29N5O5S3/c1-15-10-11-18(17(13-15)23(34)16-7-3-4-8-16)29-19(32)14-20(33)30-26-31-22(24(27)39(2,35)36)25(38-26)37-21-9-5-6-12-28-21/h5-6,9-13,16,24H,3-4,7-8,14,27H2,1-2H3,(H,29,32)(H,30,31,33). The number of ketones is 1. The minimum Gasteiger partial charge on any atom is -0.325 e. The topological polar surface area (TPSA) is 161 Å². The highest BCUT2D eigenvalue weighted by molar-refractivity contribution is 8.01. The Morgan fingerprint density at radius 3 is 2.51 bits per heavy atom. The van der Waals surface area contributed by atoms with Crippen molar-refractivity contribution in [3.63, 3.8) is 0 Å². The highest BCUT2D eigenvalue weighted by Crippen LogP contribution is 2.39. The summed E-state index contributed by atoms with van der Waals surface area (Å²) in [5.41, 5.74) is 7.77. The second-order valence-electron chi connectivity index (χ2n) is 9.38. The maximum Gasteiger partial charge on any atom is 0.235 e. The molecule has 39 heavy (non-hydrogen) atoms. The minimum absolute atomic E-state index is 0.00594. The van der Waals surface area contributed by atoms with Crippen LogP contribution in [0.15, 0.2) is 51.8 Å². The van der Waals surface area contributed by atoms with Crippen molar-refractivity contribution in [2.24, 2.45) is 11.7 Å². The van der Waals surface area contributed by atoms with Gasteiger partial charge in [-0.25, -0.2) is 18.4 Å². The molecule has 4 N–H and O–H groups in total. The maximum absolute atomic E-state index is 13.1. The Morgan fingerprint density at radius 1 is 1.13 bits per heavy atom. The van der Waals surface area contributed by atoms with Crippen LogP contribution in [0.1, 0.15) is 59.1 Å². The van der Waals surface area contributed by atoms with Gasteiger partial charge in [-0.1, -0.05) is 53.6 Å². The van der Waals surface area contributed by atoms with Gasteiger partial charge >= 0.3 is 0 Å². The fourth-order valence-corrected chi connectivity index (χ4v) is 7.09. The lowest BCUT2D eigenvalue weighted by molar-refractivity contribution is -0.123. The summed E-state index contributed by atoms with van der Waals surface area (Å²) in [5.74, 6) is -1.29. The van der Waals surface area contributed by atoms with E-state index < -0.39 is 33.4 Å². The van der Waals surface area contributed by atoms with Gasteiger partial charge in [-0.2, -0.15) is 0 Å². The highest BCUT2D eigenvalue weighted by atomic mass is 32.2. The van der Waals surface area contributed by atoms with Crippen LogP contribution in [-0.2, 0) is 19.4 Å². The molecule has 10 nitrogen and oxygen atoms in total. The average Bonchev–Trinajstić information content (AvgIpc) is 3.54. The molecule has 0 radical (unpaired) electrons. The lowest BCUT2D eigenvalue weighted by Crippen LogP contribution is -2.23. The summed E-state index contributed by atoms with van der Waals surface area (Å²) in [6, 6.07) is 10.5. The van der Waals surface area contributed by atoms with E-state index >= 15 is 0 Å². The van der Waals surface area contributed by atoms with Gasteiger partial charge in [0.2, 0.25) is 11.8 Å². The monoisotopic (exact) mass is 587 g/mol. The second kappa shape index (κ2) is 12.4. The molecule has 4 rings (SSSR count). The smallest absolute Gasteiger partial charge is 0.235 e. The number of rotatable bonds is 10. The zero-order chi connectivity index (χ0) is 28.2. The first kappa shape index (κ1) is 28.9. The van der Waals surface area contributed by atoms with Gasteiger partial charge in [-0.05, 0) is 44.0 Å². The number of aromatic nitrogens is 2. The molecule has 0 saturated heterocycles. The fraction of sp³-hybridized carbons (Fsp3) is 0.346.